The van der Waals surface area contributed by atoms with Crippen molar-refractivity contribution in [2.75, 3.05) is 13.2 Å². The molecule has 0 bridgehead atoms. The minimum Gasteiger partial charge on any atom is -0.376 e. The van der Waals surface area contributed by atoms with Crippen LogP contribution in [0.2, 0.25) is 5.02 Å². The molecule has 0 saturated carbocycles. The SMILES string of the molecule is C=CC(=O)N(CCc1ccc(Cl)cc1)Cc1cccc2c1COCC2. The highest BCUT2D eigenvalue weighted by Gasteiger charge is 2.17. The second-order valence-corrected chi connectivity index (χ2v) is 6.63. The Hall–Kier alpha value is -2.10. The summed E-state index contributed by atoms with van der Waals surface area (Å²) in [5, 5.41) is 0.721. The Morgan fingerprint density at radius 1 is 1.24 bits per heavy atom. The van der Waals surface area contributed by atoms with Crippen molar-refractivity contribution in [3.05, 3.63) is 82.4 Å². The lowest BCUT2D eigenvalue weighted by Gasteiger charge is -2.25. The summed E-state index contributed by atoms with van der Waals surface area (Å²) in [6.07, 6.45) is 3.10. The predicted molar refractivity (Wildman–Crippen MR) is 101 cm³/mol. The van der Waals surface area contributed by atoms with Crippen molar-refractivity contribution in [2.24, 2.45) is 0 Å². The van der Waals surface area contributed by atoms with Gasteiger partial charge in [0, 0.05) is 18.1 Å². The minimum absolute atomic E-state index is 0.0525. The smallest absolute Gasteiger partial charge is 0.246 e. The van der Waals surface area contributed by atoms with Gasteiger partial charge in [-0.15, -0.1) is 0 Å². The molecule has 1 amide bonds. The maximum Gasteiger partial charge on any atom is 0.246 e. The summed E-state index contributed by atoms with van der Waals surface area (Å²) in [5.41, 5.74) is 4.86. The van der Waals surface area contributed by atoms with Crippen molar-refractivity contribution in [3.63, 3.8) is 0 Å². The van der Waals surface area contributed by atoms with E-state index in [-0.39, 0.29) is 5.91 Å². The molecule has 0 spiro atoms. The standard InChI is InChI=1S/C21H22ClNO2/c1-2-21(24)23(12-10-16-6-8-19(22)9-7-16)14-18-5-3-4-17-11-13-25-15-20(17)18/h2-9H,1,10-15H2. The predicted octanol–water partition coefficient (Wildman–Crippen LogP) is 4.17. The molecule has 1 aliphatic rings. The van der Waals surface area contributed by atoms with E-state index in [9.17, 15) is 4.79 Å². The molecule has 0 N–H and O–H groups in total. The van der Waals surface area contributed by atoms with Crippen molar-refractivity contribution < 1.29 is 9.53 Å². The third-order valence-electron chi connectivity index (χ3n) is 4.56. The summed E-state index contributed by atoms with van der Waals surface area (Å²) in [7, 11) is 0. The van der Waals surface area contributed by atoms with Gasteiger partial charge >= 0.3 is 0 Å². The van der Waals surface area contributed by atoms with Gasteiger partial charge in [-0.25, -0.2) is 0 Å². The fraction of sp³-hybridized carbons (Fsp3) is 0.286. The van der Waals surface area contributed by atoms with Gasteiger partial charge in [-0.3, -0.25) is 4.79 Å². The molecule has 0 radical (unpaired) electrons. The van der Waals surface area contributed by atoms with Gasteiger partial charge in [-0.05, 0) is 53.3 Å². The van der Waals surface area contributed by atoms with E-state index in [2.05, 4.69) is 24.8 Å². The van der Waals surface area contributed by atoms with Crippen molar-refractivity contribution >= 4 is 17.5 Å². The van der Waals surface area contributed by atoms with E-state index >= 15 is 0 Å². The molecule has 0 saturated heterocycles. The van der Waals surface area contributed by atoms with E-state index in [0.29, 0.717) is 19.7 Å². The maximum atomic E-state index is 12.3. The molecule has 3 rings (SSSR count). The molecule has 2 aromatic rings. The highest BCUT2D eigenvalue weighted by Crippen LogP contribution is 2.22. The first kappa shape index (κ1) is 17.7. The third kappa shape index (κ3) is 4.50. The monoisotopic (exact) mass is 355 g/mol. The van der Waals surface area contributed by atoms with Gasteiger partial charge in [0.15, 0.2) is 0 Å². The van der Waals surface area contributed by atoms with E-state index in [1.54, 1.807) is 0 Å². The fourth-order valence-electron chi connectivity index (χ4n) is 3.13. The number of ether oxygens (including phenoxy) is 1. The van der Waals surface area contributed by atoms with Gasteiger partial charge in [0.1, 0.15) is 0 Å². The largest absolute Gasteiger partial charge is 0.376 e. The summed E-state index contributed by atoms with van der Waals surface area (Å²) in [6.45, 7) is 6.24. The number of carbonyl (C=O) groups excluding carboxylic acids is 1. The summed E-state index contributed by atoms with van der Waals surface area (Å²) >= 11 is 5.93. The Labute approximate surface area is 153 Å². The molecule has 0 fully saturated rings. The molecule has 25 heavy (non-hydrogen) atoms. The number of fused-ring (bicyclic) bond motifs is 1. The normalized spacial score (nSPS) is 13.2. The minimum atomic E-state index is -0.0525. The zero-order valence-electron chi connectivity index (χ0n) is 14.2. The molecule has 4 heteroatoms. The molecule has 2 aromatic carbocycles. The Bertz CT molecular complexity index is 755. The molecule has 1 heterocycles. The zero-order chi connectivity index (χ0) is 17.6. The van der Waals surface area contributed by atoms with Crippen LogP contribution in [-0.2, 0) is 35.5 Å². The molecular weight excluding hydrogens is 334 g/mol. The van der Waals surface area contributed by atoms with Gasteiger partial charge in [0.05, 0.1) is 13.2 Å². The van der Waals surface area contributed by atoms with Crippen molar-refractivity contribution in [1.29, 1.82) is 0 Å². The molecule has 0 unspecified atom stereocenters. The van der Waals surface area contributed by atoms with Crippen molar-refractivity contribution in [2.45, 2.75) is 26.0 Å². The zero-order valence-corrected chi connectivity index (χ0v) is 15.0. The number of nitrogens with zero attached hydrogens (tertiary/aromatic N) is 1. The van der Waals surface area contributed by atoms with Crippen LogP contribution in [0.1, 0.15) is 22.3 Å². The average molecular weight is 356 g/mol. The molecule has 1 aliphatic heterocycles. The van der Waals surface area contributed by atoms with Crippen molar-refractivity contribution in [3.8, 4) is 0 Å². The lowest BCUT2D eigenvalue weighted by atomic mass is 9.97. The van der Waals surface area contributed by atoms with Crippen LogP contribution in [0.15, 0.2) is 55.1 Å². The topological polar surface area (TPSA) is 29.5 Å². The van der Waals surface area contributed by atoms with Gasteiger partial charge < -0.3 is 9.64 Å². The van der Waals surface area contributed by atoms with Crippen LogP contribution in [0.4, 0.5) is 0 Å². The number of hydrogen-bond acceptors (Lipinski definition) is 2. The van der Waals surface area contributed by atoms with E-state index in [1.807, 2.05) is 29.2 Å². The lowest BCUT2D eigenvalue weighted by molar-refractivity contribution is -0.126. The maximum absolute atomic E-state index is 12.3. The second-order valence-electron chi connectivity index (χ2n) is 6.20. The van der Waals surface area contributed by atoms with E-state index < -0.39 is 0 Å². The Morgan fingerprint density at radius 3 is 2.80 bits per heavy atom. The number of rotatable bonds is 6. The first-order valence-corrected chi connectivity index (χ1v) is 8.88. The van der Waals surface area contributed by atoms with E-state index in [1.165, 1.54) is 17.2 Å². The molecule has 0 aliphatic carbocycles. The van der Waals surface area contributed by atoms with E-state index in [4.69, 9.17) is 16.3 Å². The van der Waals surface area contributed by atoms with Crippen LogP contribution in [0, 0.1) is 0 Å². The Kier molecular flexibility index (Phi) is 5.90. The van der Waals surface area contributed by atoms with Crippen molar-refractivity contribution in [1.82, 2.24) is 4.90 Å². The van der Waals surface area contributed by atoms with Crippen LogP contribution in [0.5, 0.6) is 0 Å². The lowest BCUT2D eigenvalue weighted by Crippen LogP contribution is -2.31. The van der Waals surface area contributed by atoms with Gasteiger partial charge in [-0.2, -0.15) is 0 Å². The van der Waals surface area contributed by atoms with Crippen LogP contribution in [0.3, 0.4) is 0 Å². The fourth-order valence-corrected chi connectivity index (χ4v) is 3.25. The number of carbonyl (C=O) groups is 1. The average Bonchev–Trinajstić information content (AvgIpc) is 2.66. The highest BCUT2D eigenvalue weighted by molar-refractivity contribution is 6.30. The van der Waals surface area contributed by atoms with Crippen LogP contribution in [-0.4, -0.2) is 24.0 Å². The number of amides is 1. The van der Waals surface area contributed by atoms with E-state index in [0.717, 1.165) is 35.6 Å². The molecule has 0 atom stereocenters. The summed E-state index contributed by atoms with van der Waals surface area (Å²) in [6, 6.07) is 14.0. The molecular formula is C21H22ClNO2. The third-order valence-corrected chi connectivity index (χ3v) is 4.82. The molecule has 0 aromatic heterocycles. The molecule has 130 valence electrons. The Morgan fingerprint density at radius 2 is 2.04 bits per heavy atom. The quantitative estimate of drug-likeness (QED) is 0.728. The van der Waals surface area contributed by atoms with Gasteiger partial charge in [0.25, 0.3) is 0 Å². The Balaban J connectivity index is 1.74. The summed E-state index contributed by atoms with van der Waals surface area (Å²) in [5.74, 6) is -0.0525. The second kappa shape index (κ2) is 8.32. The first-order valence-electron chi connectivity index (χ1n) is 8.50. The number of halogens is 1. The van der Waals surface area contributed by atoms with Gasteiger partial charge in [0.2, 0.25) is 5.91 Å². The summed E-state index contributed by atoms with van der Waals surface area (Å²) in [4.78, 5) is 14.2. The highest BCUT2D eigenvalue weighted by atomic mass is 35.5. The number of benzene rings is 2. The van der Waals surface area contributed by atoms with Crippen LogP contribution < -0.4 is 0 Å². The number of hydrogen-bond donors (Lipinski definition) is 0. The summed E-state index contributed by atoms with van der Waals surface area (Å²) < 4.78 is 5.61. The van der Waals surface area contributed by atoms with Crippen LogP contribution in [0.25, 0.3) is 0 Å². The van der Waals surface area contributed by atoms with Crippen LogP contribution >= 0.6 is 11.6 Å². The molecule has 3 nitrogen and oxygen atoms in total. The first-order chi connectivity index (χ1) is 12.2. The van der Waals surface area contributed by atoms with Gasteiger partial charge in [-0.1, -0.05) is 48.5 Å².